The highest BCUT2D eigenvalue weighted by Crippen LogP contribution is 2.17. The summed E-state index contributed by atoms with van der Waals surface area (Å²) in [6, 6.07) is 15.5. The lowest BCUT2D eigenvalue weighted by molar-refractivity contribution is 0.414. The van der Waals surface area contributed by atoms with Crippen molar-refractivity contribution in [2.75, 3.05) is 14.2 Å². The van der Waals surface area contributed by atoms with E-state index in [0.717, 1.165) is 22.6 Å². The average Bonchev–Trinajstić information content (AvgIpc) is 2.55. The number of ether oxygens (including phenoxy) is 2. The van der Waals surface area contributed by atoms with Crippen LogP contribution in [0.2, 0.25) is 0 Å². The monoisotopic (exact) mass is 268 g/mol. The molecule has 0 heterocycles. The van der Waals surface area contributed by atoms with Gasteiger partial charge in [-0.05, 0) is 23.8 Å². The molecule has 0 unspecified atom stereocenters. The fourth-order valence-corrected chi connectivity index (χ4v) is 1.58. The minimum Gasteiger partial charge on any atom is -0.497 e. The van der Waals surface area contributed by atoms with Crippen LogP contribution in [0.3, 0.4) is 0 Å². The van der Waals surface area contributed by atoms with Gasteiger partial charge in [-0.2, -0.15) is 0 Å². The van der Waals surface area contributed by atoms with E-state index in [4.69, 9.17) is 9.47 Å². The molecule has 0 saturated heterocycles. The smallest absolute Gasteiger partial charge is 0.126 e. The van der Waals surface area contributed by atoms with Crippen LogP contribution in [0.1, 0.15) is 11.1 Å². The number of methoxy groups -OCH3 is 2. The Hall–Kier alpha value is -2.48. The quantitative estimate of drug-likeness (QED) is 0.801. The molecule has 2 rings (SSSR count). The van der Waals surface area contributed by atoms with Gasteiger partial charge in [0.15, 0.2) is 0 Å². The van der Waals surface area contributed by atoms with E-state index in [2.05, 4.69) is 13.2 Å². The third-order valence-electron chi connectivity index (χ3n) is 2.71. The molecule has 0 aliphatic heterocycles. The lowest BCUT2D eigenvalue weighted by Gasteiger charge is -2.01. The standard InChI is InChI=1S/2C9H10O/c1-3-8-4-6-9(10-2)7-5-8;1-3-8-6-4-5-7-9(8)10-2/h2*3-7H,1H2,2H3. The molecule has 0 amide bonds. The number of para-hydroxylation sites is 1. The Bertz CT molecular complexity index is 542. The molecular formula is C18H20O2. The van der Waals surface area contributed by atoms with Crippen LogP contribution in [-0.4, -0.2) is 14.2 Å². The molecule has 0 spiro atoms. The van der Waals surface area contributed by atoms with E-state index in [0.29, 0.717) is 0 Å². The van der Waals surface area contributed by atoms with E-state index >= 15 is 0 Å². The van der Waals surface area contributed by atoms with Gasteiger partial charge in [0.2, 0.25) is 0 Å². The van der Waals surface area contributed by atoms with Gasteiger partial charge in [0.1, 0.15) is 11.5 Å². The van der Waals surface area contributed by atoms with Crippen LogP contribution >= 0.6 is 0 Å². The van der Waals surface area contributed by atoms with Crippen LogP contribution in [-0.2, 0) is 0 Å². The largest absolute Gasteiger partial charge is 0.497 e. The summed E-state index contributed by atoms with van der Waals surface area (Å²) in [5, 5.41) is 0. The molecule has 2 aromatic rings. The van der Waals surface area contributed by atoms with E-state index < -0.39 is 0 Å². The van der Waals surface area contributed by atoms with Crippen LogP contribution in [0.5, 0.6) is 11.5 Å². The normalized spacial score (nSPS) is 8.90. The first-order valence-electron chi connectivity index (χ1n) is 6.27. The zero-order valence-electron chi connectivity index (χ0n) is 12.0. The van der Waals surface area contributed by atoms with Gasteiger partial charge >= 0.3 is 0 Å². The molecule has 20 heavy (non-hydrogen) atoms. The van der Waals surface area contributed by atoms with Gasteiger partial charge in [-0.1, -0.05) is 55.6 Å². The SMILES string of the molecule is C=Cc1ccc(OC)cc1.C=Cc1ccccc1OC. The van der Waals surface area contributed by atoms with Crippen molar-refractivity contribution in [2.24, 2.45) is 0 Å². The summed E-state index contributed by atoms with van der Waals surface area (Å²) in [5.74, 6) is 1.75. The van der Waals surface area contributed by atoms with Crippen molar-refractivity contribution in [2.45, 2.75) is 0 Å². The van der Waals surface area contributed by atoms with Gasteiger partial charge in [0.25, 0.3) is 0 Å². The number of benzene rings is 2. The minimum absolute atomic E-state index is 0.873. The third kappa shape index (κ3) is 4.65. The van der Waals surface area contributed by atoms with Crippen molar-refractivity contribution in [1.29, 1.82) is 0 Å². The summed E-state index contributed by atoms with van der Waals surface area (Å²) in [6.45, 7) is 7.31. The molecule has 0 radical (unpaired) electrons. The van der Waals surface area contributed by atoms with Crippen molar-refractivity contribution in [1.82, 2.24) is 0 Å². The predicted molar refractivity (Wildman–Crippen MR) is 86.2 cm³/mol. The Kier molecular flexibility index (Phi) is 6.69. The Balaban J connectivity index is 0.000000200. The molecule has 0 bridgehead atoms. The summed E-state index contributed by atoms with van der Waals surface area (Å²) in [4.78, 5) is 0. The van der Waals surface area contributed by atoms with Crippen molar-refractivity contribution < 1.29 is 9.47 Å². The summed E-state index contributed by atoms with van der Waals surface area (Å²) in [6.07, 6.45) is 3.58. The molecule has 2 aromatic carbocycles. The zero-order chi connectivity index (χ0) is 14.8. The van der Waals surface area contributed by atoms with Crippen molar-refractivity contribution in [3.05, 3.63) is 72.8 Å². The summed E-state index contributed by atoms with van der Waals surface area (Å²) < 4.78 is 10.0. The molecular weight excluding hydrogens is 248 g/mol. The first kappa shape index (κ1) is 15.6. The second-order valence-electron chi connectivity index (χ2n) is 3.92. The van der Waals surface area contributed by atoms with Crippen molar-refractivity contribution in [3.63, 3.8) is 0 Å². The zero-order valence-corrected chi connectivity index (χ0v) is 12.0. The number of hydrogen-bond donors (Lipinski definition) is 0. The highest BCUT2D eigenvalue weighted by molar-refractivity contribution is 5.55. The van der Waals surface area contributed by atoms with E-state index in [9.17, 15) is 0 Å². The number of rotatable bonds is 4. The molecule has 2 heteroatoms. The van der Waals surface area contributed by atoms with Crippen LogP contribution in [0.25, 0.3) is 12.2 Å². The molecule has 0 aliphatic carbocycles. The summed E-state index contributed by atoms with van der Waals surface area (Å²) >= 11 is 0. The van der Waals surface area contributed by atoms with Gasteiger partial charge in [0, 0.05) is 5.56 Å². The summed E-state index contributed by atoms with van der Waals surface area (Å²) in [5.41, 5.74) is 2.14. The first-order valence-corrected chi connectivity index (χ1v) is 6.27. The highest BCUT2D eigenvalue weighted by atomic mass is 16.5. The topological polar surface area (TPSA) is 18.5 Å². The van der Waals surface area contributed by atoms with Gasteiger partial charge < -0.3 is 9.47 Å². The van der Waals surface area contributed by atoms with Crippen molar-refractivity contribution in [3.8, 4) is 11.5 Å². The Morgan fingerprint density at radius 2 is 1.45 bits per heavy atom. The van der Waals surface area contributed by atoms with Crippen LogP contribution < -0.4 is 9.47 Å². The Labute approximate surface area is 121 Å². The second-order valence-corrected chi connectivity index (χ2v) is 3.92. The Morgan fingerprint density at radius 1 is 0.800 bits per heavy atom. The fraction of sp³-hybridized carbons (Fsp3) is 0.111. The van der Waals surface area contributed by atoms with Crippen molar-refractivity contribution >= 4 is 12.2 Å². The van der Waals surface area contributed by atoms with E-state index in [1.165, 1.54) is 0 Å². The maximum absolute atomic E-state index is 5.06. The third-order valence-corrected chi connectivity index (χ3v) is 2.71. The summed E-state index contributed by atoms with van der Waals surface area (Å²) in [7, 11) is 3.31. The fourth-order valence-electron chi connectivity index (χ4n) is 1.58. The van der Waals surface area contributed by atoms with Gasteiger partial charge in [-0.3, -0.25) is 0 Å². The molecule has 0 saturated carbocycles. The lowest BCUT2D eigenvalue weighted by atomic mass is 10.2. The average molecular weight is 268 g/mol. The predicted octanol–water partition coefficient (Wildman–Crippen LogP) is 4.68. The van der Waals surface area contributed by atoms with Crippen LogP contribution in [0, 0.1) is 0 Å². The molecule has 104 valence electrons. The highest BCUT2D eigenvalue weighted by Gasteiger charge is 1.93. The maximum Gasteiger partial charge on any atom is 0.126 e. The minimum atomic E-state index is 0.873. The number of hydrogen-bond acceptors (Lipinski definition) is 2. The van der Waals surface area contributed by atoms with E-state index in [1.807, 2.05) is 48.5 Å². The van der Waals surface area contributed by atoms with Gasteiger partial charge in [-0.25, -0.2) is 0 Å². The molecule has 0 atom stereocenters. The first-order chi connectivity index (χ1) is 9.74. The Morgan fingerprint density at radius 3 is 1.90 bits per heavy atom. The molecule has 0 fully saturated rings. The van der Waals surface area contributed by atoms with Gasteiger partial charge in [-0.15, -0.1) is 0 Å². The molecule has 0 aliphatic rings. The van der Waals surface area contributed by atoms with E-state index in [1.54, 1.807) is 26.4 Å². The lowest BCUT2D eigenvalue weighted by Crippen LogP contribution is -1.84. The molecule has 2 nitrogen and oxygen atoms in total. The van der Waals surface area contributed by atoms with Gasteiger partial charge in [0.05, 0.1) is 14.2 Å². The van der Waals surface area contributed by atoms with Crippen LogP contribution in [0.4, 0.5) is 0 Å². The van der Waals surface area contributed by atoms with Crippen LogP contribution in [0.15, 0.2) is 61.7 Å². The second kappa shape index (κ2) is 8.59. The molecule has 0 N–H and O–H groups in total. The molecule has 0 aromatic heterocycles. The maximum atomic E-state index is 5.06. The van der Waals surface area contributed by atoms with E-state index in [-0.39, 0.29) is 0 Å².